The maximum Gasteiger partial charge on any atom is 0.242 e. The Morgan fingerprint density at radius 1 is 1.59 bits per heavy atom. The van der Waals surface area contributed by atoms with Gasteiger partial charge in [-0.15, -0.1) is 0 Å². The predicted molar refractivity (Wildman–Crippen MR) is 67.5 cm³/mol. The first-order valence-corrected chi connectivity index (χ1v) is 6.05. The lowest BCUT2D eigenvalue weighted by molar-refractivity contribution is -0.130. The minimum Gasteiger partial charge on any atom is -0.344 e. The van der Waals surface area contributed by atoms with E-state index in [0.717, 1.165) is 24.5 Å². The van der Waals surface area contributed by atoms with Gasteiger partial charge >= 0.3 is 0 Å². The Balaban J connectivity index is 2.86. The molecule has 1 rings (SSSR count). The van der Waals surface area contributed by atoms with Crippen molar-refractivity contribution in [2.75, 3.05) is 13.6 Å². The lowest BCUT2D eigenvalue weighted by atomic mass is 10.3. The van der Waals surface area contributed by atoms with Gasteiger partial charge in [0.1, 0.15) is 12.4 Å². The molecule has 17 heavy (non-hydrogen) atoms. The van der Waals surface area contributed by atoms with Gasteiger partial charge in [0.2, 0.25) is 5.91 Å². The van der Waals surface area contributed by atoms with E-state index in [9.17, 15) is 4.79 Å². The molecule has 1 heterocycles. The molecule has 1 amide bonds. The number of aromatic nitrogens is 2. The molecular formula is C12H22N4O. The zero-order chi connectivity index (χ0) is 13.0. The van der Waals surface area contributed by atoms with E-state index in [0.29, 0.717) is 6.54 Å². The quantitative estimate of drug-likeness (QED) is 0.830. The zero-order valence-electron chi connectivity index (χ0n) is 11.1. The first kappa shape index (κ1) is 13.7. The molecule has 0 radical (unpaired) electrons. The molecule has 0 fully saturated rings. The lowest BCUT2D eigenvalue weighted by Crippen LogP contribution is -2.30. The number of imidazole rings is 1. The Morgan fingerprint density at radius 3 is 2.71 bits per heavy atom. The molecule has 0 bridgehead atoms. The molecule has 0 aromatic carbocycles. The van der Waals surface area contributed by atoms with E-state index in [4.69, 9.17) is 5.73 Å². The van der Waals surface area contributed by atoms with Crippen LogP contribution >= 0.6 is 0 Å². The lowest BCUT2D eigenvalue weighted by Gasteiger charge is -2.15. The van der Waals surface area contributed by atoms with Crippen molar-refractivity contribution in [3.8, 4) is 0 Å². The molecule has 0 spiro atoms. The normalized spacial score (nSPS) is 12.5. The van der Waals surface area contributed by atoms with Gasteiger partial charge in [-0.3, -0.25) is 4.79 Å². The standard InChI is InChI=1S/C12H22N4O/c1-5-11-14-10(9(3)13)7-16(11)8-12(17)15(4)6-2/h7,9H,5-6,8,13H2,1-4H3. The first-order valence-electron chi connectivity index (χ1n) is 6.05. The number of aryl methyl sites for hydroxylation is 1. The number of rotatable bonds is 5. The summed E-state index contributed by atoms with van der Waals surface area (Å²) in [6.45, 7) is 6.94. The third-order valence-corrected chi connectivity index (χ3v) is 2.87. The second kappa shape index (κ2) is 5.82. The minimum absolute atomic E-state index is 0.0934. The molecule has 2 N–H and O–H groups in total. The van der Waals surface area contributed by atoms with Crippen molar-refractivity contribution in [3.05, 3.63) is 17.7 Å². The van der Waals surface area contributed by atoms with Crippen LogP contribution in [0.15, 0.2) is 6.20 Å². The van der Waals surface area contributed by atoms with Crippen LogP contribution in [0, 0.1) is 0 Å². The molecule has 0 aliphatic rings. The minimum atomic E-state index is -0.0967. The fourth-order valence-electron chi connectivity index (χ4n) is 1.56. The van der Waals surface area contributed by atoms with Gasteiger partial charge in [-0.05, 0) is 13.8 Å². The molecular weight excluding hydrogens is 216 g/mol. The number of carbonyl (C=O) groups excluding carboxylic acids is 1. The molecule has 1 aromatic heterocycles. The predicted octanol–water partition coefficient (Wildman–Crippen LogP) is 0.944. The van der Waals surface area contributed by atoms with Gasteiger partial charge in [0.05, 0.1) is 5.69 Å². The van der Waals surface area contributed by atoms with Gasteiger partial charge in [0.25, 0.3) is 0 Å². The van der Waals surface area contributed by atoms with Crippen LogP contribution in [-0.2, 0) is 17.8 Å². The van der Waals surface area contributed by atoms with Crippen LogP contribution in [0.4, 0.5) is 0 Å². The van der Waals surface area contributed by atoms with Crippen molar-refractivity contribution in [1.82, 2.24) is 14.5 Å². The molecule has 1 atom stereocenters. The van der Waals surface area contributed by atoms with E-state index in [1.165, 1.54) is 0 Å². The average molecular weight is 238 g/mol. The second-order valence-electron chi connectivity index (χ2n) is 4.26. The second-order valence-corrected chi connectivity index (χ2v) is 4.26. The maximum absolute atomic E-state index is 11.8. The molecule has 0 saturated carbocycles. The number of hydrogen-bond acceptors (Lipinski definition) is 3. The van der Waals surface area contributed by atoms with E-state index in [-0.39, 0.29) is 11.9 Å². The molecule has 5 nitrogen and oxygen atoms in total. The van der Waals surface area contributed by atoms with E-state index in [2.05, 4.69) is 4.98 Å². The summed E-state index contributed by atoms with van der Waals surface area (Å²) in [7, 11) is 1.80. The summed E-state index contributed by atoms with van der Waals surface area (Å²) in [5.41, 5.74) is 6.64. The van der Waals surface area contributed by atoms with Crippen molar-refractivity contribution in [2.24, 2.45) is 5.73 Å². The maximum atomic E-state index is 11.8. The van der Waals surface area contributed by atoms with Crippen LogP contribution in [0.25, 0.3) is 0 Å². The summed E-state index contributed by atoms with van der Waals surface area (Å²) in [5.74, 6) is 1.01. The Hall–Kier alpha value is -1.36. The highest BCUT2D eigenvalue weighted by atomic mass is 16.2. The molecule has 96 valence electrons. The Morgan fingerprint density at radius 2 is 2.24 bits per heavy atom. The third kappa shape index (κ3) is 3.30. The largest absolute Gasteiger partial charge is 0.344 e. The Labute approximate surface area is 103 Å². The van der Waals surface area contributed by atoms with E-state index in [1.807, 2.05) is 31.5 Å². The molecule has 1 unspecified atom stereocenters. The van der Waals surface area contributed by atoms with Gasteiger partial charge in [0.15, 0.2) is 0 Å². The van der Waals surface area contributed by atoms with Crippen molar-refractivity contribution >= 4 is 5.91 Å². The summed E-state index contributed by atoms with van der Waals surface area (Å²) >= 11 is 0. The summed E-state index contributed by atoms with van der Waals surface area (Å²) in [6.07, 6.45) is 2.68. The topological polar surface area (TPSA) is 64.1 Å². The third-order valence-electron chi connectivity index (χ3n) is 2.87. The number of carbonyl (C=O) groups is 1. The van der Waals surface area contributed by atoms with E-state index >= 15 is 0 Å². The highest BCUT2D eigenvalue weighted by molar-refractivity contribution is 5.75. The summed E-state index contributed by atoms with van der Waals surface area (Å²) in [6, 6.07) is -0.0967. The fourth-order valence-corrected chi connectivity index (χ4v) is 1.56. The number of likely N-dealkylation sites (N-methyl/N-ethyl adjacent to an activating group) is 1. The summed E-state index contributed by atoms with van der Waals surface area (Å²) in [5, 5.41) is 0. The number of nitrogens with two attached hydrogens (primary N) is 1. The number of hydrogen-bond donors (Lipinski definition) is 1. The van der Waals surface area contributed by atoms with E-state index in [1.54, 1.807) is 11.9 Å². The molecule has 0 aliphatic carbocycles. The zero-order valence-corrected chi connectivity index (χ0v) is 11.1. The highest BCUT2D eigenvalue weighted by Crippen LogP contribution is 2.11. The van der Waals surface area contributed by atoms with Crippen LogP contribution in [0.5, 0.6) is 0 Å². The van der Waals surface area contributed by atoms with E-state index < -0.39 is 0 Å². The first-order chi connectivity index (χ1) is 7.99. The van der Waals surface area contributed by atoms with Gasteiger partial charge in [-0.1, -0.05) is 6.92 Å². The van der Waals surface area contributed by atoms with Crippen molar-refractivity contribution in [3.63, 3.8) is 0 Å². The van der Waals surface area contributed by atoms with Crippen LogP contribution in [-0.4, -0.2) is 34.0 Å². The molecule has 0 aliphatic heterocycles. The monoisotopic (exact) mass is 238 g/mol. The molecule has 5 heteroatoms. The molecule has 0 saturated heterocycles. The van der Waals surface area contributed by atoms with Crippen molar-refractivity contribution < 1.29 is 4.79 Å². The Kier molecular flexibility index (Phi) is 4.69. The van der Waals surface area contributed by atoms with Crippen molar-refractivity contribution in [1.29, 1.82) is 0 Å². The smallest absolute Gasteiger partial charge is 0.242 e. The Bertz CT molecular complexity index is 384. The van der Waals surface area contributed by atoms with Gasteiger partial charge in [-0.25, -0.2) is 4.98 Å². The summed E-state index contributed by atoms with van der Waals surface area (Å²) in [4.78, 5) is 18.0. The van der Waals surface area contributed by atoms with Crippen LogP contribution < -0.4 is 5.73 Å². The van der Waals surface area contributed by atoms with Crippen LogP contribution in [0.1, 0.15) is 38.3 Å². The van der Waals surface area contributed by atoms with Gasteiger partial charge in [-0.2, -0.15) is 0 Å². The number of amides is 1. The van der Waals surface area contributed by atoms with Gasteiger partial charge < -0.3 is 15.2 Å². The summed E-state index contributed by atoms with van der Waals surface area (Å²) < 4.78 is 1.90. The van der Waals surface area contributed by atoms with Crippen LogP contribution in [0.3, 0.4) is 0 Å². The van der Waals surface area contributed by atoms with Crippen LogP contribution in [0.2, 0.25) is 0 Å². The number of nitrogens with zero attached hydrogens (tertiary/aromatic N) is 3. The fraction of sp³-hybridized carbons (Fsp3) is 0.667. The molecule has 1 aromatic rings. The average Bonchev–Trinajstić information content (AvgIpc) is 2.71. The van der Waals surface area contributed by atoms with Gasteiger partial charge in [0, 0.05) is 32.3 Å². The SMILES string of the molecule is CCc1nc(C(C)N)cn1CC(=O)N(C)CC. The van der Waals surface area contributed by atoms with Crippen molar-refractivity contribution in [2.45, 2.75) is 39.8 Å². The highest BCUT2D eigenvalue weighted by Gasteiger charge is 2.13.